The highest BCUT2D eigenvalue weighted by Crippen LogP contribution is 2.44. The van der Waals surface area contributed by atoms with Crippen LogP contribution in [0.3, 0.4) is 0 Å². The molecule has 0 saturated heterocycles. The third-order valence-electron chi connectivity index (χ3n) is 12.3. The summed E-state index contributed by atoms with van der Waals surface area (Å²) >= 11 is 0. The van der Waals surface area contributed by atoms with Crippen molar-refractivity contribution >= 4 is 0 Å². The summed E-state index contributed by atoms with van der Waals surface area (Å²) in [6, 6.07) is 83.0. The van der Waals surface area contributed by atoms with Gasteiger partial charge in [0.25, 0.3) is 0 Å². The van der Waals surface area contributed by atoms with Crippen molar-refractivity contribution in [2.24, 2.45) is 11.8 Å². The van der Waals surface area contributed by atoms with E-state index in [0.29, 0.717) is 35.2 Å². The quantitative estimate of drug-likeness (QED) is 0.108. The molecule has 0 saturated carbocycles. The van der Waals surface area contributed by atoms with Gasteiger partial charge < -0.3 is 10.2 Å². The Morgan fingerprint density at radius 2 is 0.484 bits per heavy atom. The molecule has 3 atom stereocenters. The minimum atomic E-state index is 0.322. The van der Waals surface area contributed by atoms with Crippen LogP contribution in [-0.4, -0.2) is 10.2 Å². The van der Waals surface area contributed by atoms with Crippen molar-refractivity contribution in [3.63, 3.8) is 0 Å². The largest absolute Gasteiger partial charge is 0.508 e. The normalized spacial score (nSPS) is 12.4. The second-order valence-electron chi connectivity index (χ2n) is 16.8. The van der Waals surface area contributed by atoms with Crippen LogP contribution < -0.4 is 0 Å². The van der Waals surface area contributed by atoms with E-state index < -0.39 is 0 Å². The van der Waals surface area contributed by atoms with E-state index in [9.17, 15) is 0 Å². The van der Waals surface area contributed by atoms with Gasteiger partial charge in [0.2, 0.25) is 0 Å². The van der Waals surface area contributed by atoms with E-state index in [4.69, 9.17) is 10.2 Å². The summed E-state index contributed by atoms with van der Waals surface area (Å²) in [5.74, 6) is 3.43. The Kier molecular flexibility index (Phi) is 21.3. The Hall–Kier alpha value is -6.64. The molecule has 0 aliphatic carbocycles. The van der Waals surface area contributed by atoms with Crippen LogP contribution in [0.1, 0.15) is 91.2 Å². The number of phenolic OH excluding ortho intramolecular Hbond substituents is 2. The van der Waals surface area contributed by atoms with Crippen LogP contribution in [0, 0.1) is 11.8 Å². The molecule has 0 bridgehead atoms. The third kappa shape index (κ3) is 17.6. The molecule has 0 fully saturated rings. The zero-order valence-corrected chi connectivity index (χ0v) is 38.1. The van der Waals surface area contributed by atoms with Gasteiger partial charge >= 0.3 is 0 Å². The van der Waals surface area contributed by atoms with Gasteiger partial charge in [-0.2, -0.15) is 0 Å². The molecule has 8 aromatic carbocycles. The van der Waals surface area contributed by atoms with E-state index in [0.717, 1.165) is 5.92 Å². The smallest absolute Gasteiger partial charge is 0.115 e. The molecule has 0 aromatic heterocycles. The average Bonchev–Trinajstić information content (AvgIpc) is 3.36. The minimum Gasteiger partial charge on any atom is -0.508 e. The zero-order valence-electron chi connectivity index (χ0n) is 38.1. The summed E-state index contributed by atoms with van der Waals surface area (Å²) in [4.78, 5) is 0. The molecule has 64 heavy (non-hydrogen) atoms. The highest BCUT2D eigenvalue weighted by Gasteiger charge is 2.31. The monoisotopic (exact) mass is 845 g/mol. The summed E-state index contributed by atoms with van der Waals surface area (Å²) in [5, 5.41) is 17.3. The highest BCUT2D eigenvalue weighted by molar-refractivity contribution is 5.29. The van der Waals surface area contributed by atoms with Crippen molar-refractivity contribution in [2.75, 3.05) is 0 Å². The van der Waals surface area contributed by atoms with Crippen molar-refractivity contribution in [2.45, 2.75) is 77.0 Å². The van der Waals surface area contributed by atoms with Crippen LogP contribution >= 0.6 is 0 Å². The van der Waals surface area contributed by atoms with E-state index in [1.165, 1.54) is 71.9 Å². The average molecular weight is 845 g/mol. The van der Waals surface area contributed by atoms with E-state index in [-0.39, 0.29) is 0 Å². The Labute approximate surface area is 385 Å². The maximum Gasteiger partial charge on any atom is 0.115 e. The molecule has 0 radical (unpaired) electrons. The molecule has 3 unspecified atom stereocenters. The van der Waals surface area contributed by atoms with Gasteiger partial charge in [0, 0.05) is 0 Å². The Balaban J connectivity index is 0.000000185. The molecule has 8 aromatic rings. The molecular formula is C62H68O2. The fourth-order valence-electron chi connectivity index (χ4n) is 8.57. The fourth-order valence-corrected chi connectivity index (χ4v) is 8.57. The van der Waals surface area contributed by atoms with Gasteiger partial charge in [-0.15, -0.1) is 0 Å². The Bertz CT molecular complexity index is 2070. The number of para-hydroxylation sites is 2. The SMILES string of the molecule is CC(c1ccccc1)C(C(C)c1ccccc1)C(C)c1ccccc1.Oc1ccccc1.Oc1ccccc1.c1ccc(CCC(CCc2ccccc2)CCc2ccccc2)cc1. The van der Waals surface area contributed by atoms with Gasteiger partial charge in [0.05, 0.1) is 0 Å². The minimum absolute atomic E-state index is 0.322. The molecule has 2 nitrogen and oxygen atoms in total. The number of benzene rings is 8. The molecule has 0 spiro atoms. The van der Waals surface area contributed by atoms with Crippen LogP contribution in [0.25, 0.3) is 0 Å². The molecule has 0 aliphatic heterocycles. The first-order chi connectivity index (χ1) is 31.4. The molecule has 0 aliphatic rings. The van der Waals surface area contributed by atoms with Gasteiger partial charge in [0.1, 0.15) is 11.5 Å². The van der Waals surface area contributed by atoms with E-state index in [2.05, 4.69) is 203 Å². The molecule has 2 N–H and O–H groups in total. The third-order valence-corrected chi connectivity index (χ3v) is 12.3. The topological polar surface area (TPSA) is 40.5 Å². The molecule has 0 heterocycles. The van der Waals surface area contributed by atoms with Crippen molar-refractivity contribution in [3.05, 3.63) is 276 Å². The first kappa shape index (κ1) is 48.4. The van der Waals surface area contributed by atoms with Crippen LogP contribution in [0.5, 0.6) is 11.5 Å². The molecule has 2 heteroatoms. The van der Waals surface area contributed by atoms with Crippen molar-refractivity contribution in [1.29, 1.82) is 0 Å². The van der Waals surface area contributed by atoms with Crippen LogP contribution in [0.4, 0.5) is 0 Å². The van der Waals surface area contributed by atoms with E-state index in [1.807, 2.05) is 12.1 Å². The lowest BCUT2D eigenvalue weighted by Gasteiger charge is -2.35. The number of aryl methyl sites for hydroxylation is 3. The number of aromatic hydroxyl groups is 2. The maximum atomic E-state index is 8.63. The lowest BCUT2D eigenvalue weighted by molar-refractivity contribution is 0.329. The summed E-state index contributed by atoms with van der Waals surface area (Å²) in [6.45, 7) is 7.16. The number of rotatable bonds is 15. The van der Waals surface area contributed by atoms with Crippen molar-refractivity contribution in [3.8, 4) is 11.5 Å². The maximum absolute atomic E-state index is 8.63. The first-order valence-electron chi connectivity index (χ1n) is 23.1. The molecule has 8 rings (SSSR count). The second kappa shape index (κ2) is 28.1. The summed E-state index contributed by atoms with van der Waals surface area (Å²) in [6.07, 6.45) is 7.41. The van der Waals surface area contributed by atoms with Gasteiger partial charge in [-0.05, 0) is 126 Å². The predicted molar refractivity (Wildman–Crippen MR) is 272 cm³/mol. The summed E-state index contributed by atoms with van der Waals surface area (Å²) < 4.78 is 0. The summed E-state index contributed by atoms with van der Waals surface area (Å²) in [7, 11) is 0. The lowest BCUT2D eigenvalue weighted by Crippen LogP contribution is -2.23. The summed E-state index contributed by atoms with van der Waals surface area (Å²) in [5.41, 5.74) is 8.68. The number of hydrogen-bond donors (Lipinski definition) is 2. The number of phenols is 2. The second-order valence-corrected chi connectivity index (χ2v) is 16.8. The van der Waals surface area contributed by atoms with Gasteiger partial charge in [-0.1, -0.05) is 239 Å². The predicted octanol–water partition coefficient (Wildman–Crippen LogP) is 16.3. The van der Waals surface area contributed by atoms with Gasteiger partial charge in [0.15, 0.2) is 0 Å². The molecular weight excluding hydrogens is 777 g/mol. The zero-order chi connectivity index (χ0) is 45.0. The molecule has 328 valence electrons. The number of hydrogen-bond acceptors (Lipinski definition) is 2. The van der Waals surface area contributed by atoms with Crippen molar-refractivity contribution in [1.82, 2.24) is 0 Å². The Morgan fingerprint density at radius 3 is 0.688 bits per heavy atom. The fraction of sp³-hybridized carbons (Fsp3) is 0.226. The standard InChI is InChI=1S/2C25H28.2C6H6O/c1-19(22-13-7-4-8-14-22)25(20(2)23-15-9-5-10-16-23)21(3)24-17-11-6-12-18-24;1-4-10-22(11-5-1)16-19-25(20-17-23-12-6-2-7-13-23)21-18-24-14-8-3-9-15-24;2*7-6-4-2-1-3-5-6/h4-21,25H,1-3H3;1-15,25H,16-21H2;2*1-5,7H. The lowest BCUT2D eigenvalue weighted by atomic mass is 9.69. The van der Waals surface area contributed by atoms with Crippen LogP contribution in [0.15, 0.2) is 243 Å². The van der Waals surface area contributed by atoms with Gasteiger partial charge in [-0.3, -0.25) is 0 Å². The van der Waals surface area contributed by atoms with Crippen molar-refractivity contribution < 1.29 is 10.2 Å². The van der Waals surface area contributed by atoms with E-state index in [1.54, 1.807) is 48.5 Å². The van der Waals surface area contributed by atoms with E-state index >= 15 is 0 Å². The molecule has 0 amide bonds. The van der Waals surface area contributed by atoms with Gasteiger partial charge in [-0.25, -0.2) is 0 Å². The highest BCUT2D eigenvalue weighted by atomic mass is 16.3. The Morgan fingerprint density at radius 1 is 0.281 bits per heavy atom. The van der Waals surface area contributed by atoms with Crippen LogP contribution in [0.2, 0.25) is 0 Å². The first-order valence-corrected chi connectivity index (χ1v) is 23.1. The van der Waals surface area contributed by atoms with Crippen LogP contribution in [-0.2, 0) is 19.3 Å².